The van der Waals surface area contributed by atoms with Crippen LogP contribution >= 0.6 is 0 Å². The second kappa shape index (κ2) is 9.64. The van der Waals surface area contributed by atoms with Crippen LogP contribution in [0, 0.1) is 5.92 Å². The van der Waals surface area contributed by atoms with E-state index in [4.69, 9.17) is 4.74 Å². The zero-order chi connectivity index (χ0) is 18.2. The second-order valence-corrected chi connectivity index (χ2v) is 7.25. The van der Waals surface area contributed by atoms with Gasteiger partial charge in [0.1, 0.15) is 5.75 Å². The molecule has 1 atom stereocenters. The van der Waals surface area contributed by atoms with Gasteiger partial charge in [0.15, 0.2) is 0 Å². The van der Waals surface area contributed by atoms with E-state index in [1.165, 1.54) is 11.3 Å². The second-order valence-electron chi connectivity index (χ2n) is 7.25. The predicted octanol–water partition coefficient (Wildman–Crippen LogP) is 3.77. The Morgan fingerprint density at radius 3 is 2.64 bits per heavy atom. The van der Waals surface area contributed by atoms with Gasteiger partial charge in [-0.15, -0.1) is 0 Å². The van der Waals surface area contributed by atoms with Gasteiger partial charge in [-0.3, -0.25) is 4.90 Å². The van der Waals surface area contributed by atoms with Gasteiger partial charge in [0, 0.05) is 31.5 Å². The van der Waals surface area contributed by atoms with E-state index in [9.17, 15) is 5.11 Å². The third-order valence-electron chi connectivity index (χ3n) is 4.34. The molecule has 4 nitrogen and oxygen atoms in total. The molecule has 25 heavy (non-hydrogen) atoms. The Bertz CT molecular complexity index is 634. The fourth-order valence-corrected chi connectivity index (χ4v) is 2.99. The maximum atomic E-state index is 9.82. The number of nitrogens with zero attached hydrogens (tertiary/aromatic N) is 2. The fraction of sp³-hybridized carbons (Fsp3) is 0.524. The van der Waals surface area contributed by atoms with Crippen LogP contribution in [0.3, 0.4) is 0 Å². The Balaban J connectivity index is 2.07. The lowest BCUT2D eigenvalue weighted by Gasteiger charge is -2.25. The van der Waals surface area contributed by atoms with E-state index in [0.29, 0.717) is 12.5 Å². The average Bonchev–Trinajstić information content (AvgIpc) is 2.99. The Morgan fingerprint density at radius 2 is 1.96 bits per heavy atom. The number of ether oxygens (including phenoxy) is 1. The van der Waals surface area contributed by atoms with Crippen molar-refractivity contribution in [3.05, 3.63) is 53.9 Å². The lowest BCUT2D eigenvalue weighted by molar-refractivity contribution is 0.117. The molecule has 1 aromatic carbocycles. The van der Waals surface area contributed by atoms with Gasteiger partial charge >= 0.3 is 0 Å². The van der Waals surface area contributed by atoms with Crippen LogP contribution in [0.1, 0.15) is 38.4 Å². The Hall–Kier alpha value is -1.78. The first-order valence-electron chi connectivity index (χ1n) is 9.15. The number of aliphatic hydroxyl groups is 1. The van der Waals surface area contributed by atoms with Crippen LogP contribution in [0.15, 0.2) is 42.6 Å². The van der Waals surface area contributed by atoms with Gasteiger partial charge in [-0.1, -0.05) is 26.0 Å². The molecule has 0 spiro atoms. The zero-order valence-electron chi connectivity index (χ0n) is 16.0. The first-order chi connectivity index (χ1) is 12.0. The molecule has 0 saturated heterocycles. The van der Waals surface area contributed by atoms with E-state index < -0.39 is 0 Å². The third-order valence-corrected chi connectivity index (χ3v) is 4.34. The molecule has 1 heterocycles. The number of methoxy groups -OCH3 is 1. The predicted molar refractivity (Wildman–Crippen MR) is 103 cm³/mol. The quantitative estimate of drug-likeness (QED) is 0.713. The van der Waals surface area contributed by atoms with Crippen molar-refractivity contribution in [2.75, 3.05) is 20.2 Å². The molecule has 4 heteroatoms. The van der Waals surface area contributed by atoms with Crippen LogP contribution in [-0.4, -0.2) is 40.9 Å². The normalized spacial score (nSPS) is 12.8. The minimum Gasteiger partial charge on any atom is -0.497 e. The summed E-state index contributed by atoms with van der Waals surface area (Å²) >= 11 is 0. The van der Waals surface area contributed by atoms with E-state index in [1.807, 2.05) is 19.1 Å². The highest BCUT2D eigenvalue weighted by atomic mass is 16.5. The molecule has 0 bridgehead atoms. The molecule has 0 aliphatic rings. The van der Waals surface area contributed by atoms with Crippen LogP contribution in [-0.2, 0) is 13.1 Å². The smallest absolute Gasteiger partial charge is 0.119 e. The van der Waals surface area contributed by atoms with Gasteiger partial charge in [0.05, 0.1) is 13.2 Å². The molecule has 0 aliphatic heterocycles. The highest BCUT2D eigenvalue weighted by Crippen LogP contribution is 2.16. The number of rotatable bonds is 10. The molecule has 0 unspecified atom stereocenters. The number of benzene rings is 1. The van der Waals surface area contributed by atoms with Crippen LogP contribution in [0.25, 0.3) is 0 Å². The fourth-order valence-electron chi connectivity index (χ4n) is 2.99. The summed E-state index contributed by atoms with van der Waals surface area (Å²) in [6, 6.07) is 12.5. The molecule has 138 valence electrons. The van der Waals surface area contributed by atoms with Gasteiger partial charge in [-0.2, -0.15) is 0 Å². The van der Waals surface area contributed by atoms with Crippen molar-refractivity contribution < 1.29 is 9.84 Å². The molecular weight excluding hydrogens is 312 g/mol. The zero-order valence-corrected chi connectivity index (χ0v) is 16.0. The van der Waals surface area contributed by atoms with E-state index in [0.717, 1.165) is 31.8 Å². The van der Waals surface area contributed by atoms with E-state index in [1.54, 1.807) is 7.11 Å². The van der Waals surface area contributed by atoms with Gasteiger partial charge < -0.3 is 14.4 Å². The molecule has 1 aromatic heterocycles. The molecular formula is C21H32N2O2. The lowest BCUT2D eigenvalue weighted by Crippen LogP contribution is -2.32. The van der Waals surface area contributed by atoms with Crippen molar-refractivity contribution in [2.24, 2.45) is 5.92 Å². The molecule has 2 rings (SSSR count). The Labute approximate surface area is 152 Å². The van der Waals surface area contributed by atoms with E-state index >= 15 is 0 Å². The summed E-state index contributed by atoms with van der Waals surface area (Å²) in [5.74, 6) is 1.55. The van der Waals surface area contributed by atoms with Gasteiger partial charge in [0.2, 0.25) is 0 Å². The topological polar surface area (TPSA) is 37.6 Å². The van der Waals surface area contributed by atoms with Crippen LogP contribution < -0.4 is 4.74 Å². The largest absolute Gasteiger partial charge is 0.497 e. The van der Waals surface area contributed by atoms with Crippen molar-refractivity contribution >= 4 is 0 Å². The number of aromatic nitrogens is 1. The standard InChI is InChI=1S/C21H32N2O2/c1-17(2)10-12-22(14-18(3)24)16-20-8-6-11-23(20)15-19-7-5-9-21(13-19)25-4/h5-9,11,13,17-18,24H,10,12,14-16H2,1-4H3/t18-/m1/s1. The molecule has 1 N–H and O–H groups in total. The summed E-state index contributed by atoms with van der Waals surface area (Å²) in [4.78, 5) is 2.35. The molecule has 0 saturated carbocycles. The maximum Gasteiger partial charge on any atom is 0.119 e. The summed E-state index contributed by atoms with van der Waals surface area (Å²) in [5.41, 5.74) is 2.49. The summed E-state index contributed by atoms with van der Waals surface area (Å²) in [5, 5.41) is 9.82. The first kappa shape index (κ1) is 19.5. The number of aliphatic hydroxyl groups excluding tert-OH is 1. The van der Waals surface area contributed by atoms with Crippen LogP contribution in [0.2, 0.25) is 0 Å². The minimum absolute atomic E-state index is 0.311. The number of hydrogen-bond acceptors (Lipinski definition) is 3. The molecule has 0 fully saturated rings. The van der Waals surface area contributed by atoms with Gasteiger partial charge in [0.25, 0.3) is 0 Å². The molecule has 2 aromatic rings. The molecule has 0 aliphatic carbocycles. The van der Waals surface area contributed by atoms with E-state index in [-0.39, 0.29) is 6.10 Å². The van der Waals surface area contributed by atoms with Gasteiger partial charge in [-0.05, 0) is 55.6 Å². The van der Waals surface area contributed by atoms with Crippen molar-refractivity contribution in [3.63, 3.8) is 0 Å². The van der Waals surface area contributed by atoms with Crippen LogP contribution in [0.4, 0.5) is 0 Å². The summed E-state index contributed by atoms with van der Waals surface area (Å²) in [6.07, 6.45) is 2.95. The molecule has 0 radical (unpaired) electrons. The van der Waals surface area contributed by atoms with Crippen molar-refractivity contribution in [1.82, 2.24) is 9.47 Å². The summed E-state index contributed by atoms with van der Waals surface area (Å²) < 4.78 is 7.60. The minimum atomic E-state index is -0.311. The third kappa shape index (κ3) is 6.56. The van der Waals surface area contributed by atoms with Gasteiger partial charge in [-0.25, -0.2) is 0 Å². The lowest BCUT2D eigenvalue weighted by atomic mass is 10.1. The van der Waals surface area contributed by atoms with Crippen molar-refractivity contribution in [1.29, 1.82) is 0 Å². The highest BCUT2D eigenvalue weighted by Gasteiger charge is 2.12. The van der Waals surface area contributed by atoms with E-state index in [2.05, 4.69) is 53.8 Å². The molecule has 0 amide bonds. The SMILES string of the molecule is COc1cccc(Cn2cccc2CN(CCC(C)C)C[C@@H](C)O)c1. The maximum absolute atomic E-state index is 9.82. The Kier molecular flexibility index (Phi) is 7.53. The summed E-state index contributed by atoms with van der Waals surface area (Å²) in [7, 11) is 1.70. The first-order valence-corrected chi connectivity index (χ1v) is 9.15. The monoisotopic (exact) mass is 344 g/mol. The van der Waals surface area contributed by atoms with Crippen molar-refractivity contribution in [2.45, 2.75) is 46.4 Å². The average molecular weight is 344 g/mol. The highest BCUT2D eigenvalue weighted by molar-refractivity contribution is 5.29. The van der Waals surface area contributed by atoms with Crippen molar-refractivity contribution in [3.8, 4) is 5.75 Å². The van der Waals surface area contributed by atoms with Crippen LogP contribution in [0.5, 0.6) is 5.75 Å². The Morgan fingerprint density at radius 1 is 1.16 bits per heavy atom. The summed E-state index contributed by atoms with van der Waals surface area (Å²) in [6.45, 7) is 9.74. The number of hydrogen-bond donors (Lipinski definition) is 1.